The summed E-state index contributed by atoms with van der Waals surface area (Å²) in [6.45, 7) is 5.06. The van der Waals surface area contributed by atoms with Crippen molar-refractivity contribution in [2.45, 2.75) is 32.7 Å². The molecule has 0 bridgehead atoms. The number of hydrogen-bond acceptors (Lipinski definition) is 4. The molecule has 2 aromatic rings. The van der Waals surface area contributed by atoms with E-state index in [2.05, 4.69) is 26.2 Å². The van der Waals surface area contributed by atoms with Crippen molar-refractivity contribution in [3.05, 3.63) is 40.2 Å². The number of carbonyl (C=O) groups excluding carboxylic acids is 1. The van der Waals surface area contributed by atoms with Crippen molar-refractivity contribution < 1.29 is 9.21 Å². The molecular weight excluding hydrogens is 346 g/mol. The maximum Gasteiger partial charge on any atom is 0.227 e. The van der Waals surface area contributed by atoms with Crippen molar-refractivity contribution in [2.24, 2.45) is 0 Å². The SMILES string of the molecule is Cc1oc(-c2cccc(Br)c2)nc1CC(=O)NC(C)(C)C#N. The summed E-state index contributed by atoms with van der Waals surface area (Å²) in [7, 11) is 0. The van der Waals surface area contributed by atoms with Crippen LogP contribution in [0.4, 0.5) is 0 Å². The number of aromatic nitrogens is 1. The van der Waals surface area contributed by atoms with Crippen LogP contribution in [0.5, 0.6) is 0 Å². The Morgan fingerprint density at radius 3 is 2.86 bits per heavy atom. The molecule has 114 valence electrons. The summed E-state index contributed by atoms with van der Waals surface area (Å²) < 4.78 is 6.56. The predicted molar refractivity (Wildman–Crippen MR) is 85.9 cm³/mol. The maximum absolute atomic E-state index is 12.0. The third-order valence-corrected chi connectivity index (χ3v) is 3.52. The molecule has 2 rings (SSSR count). The molecule has 0 atom stereocenters. The monoisotopic (exact) mass is 361 g/mol. The molecule has 0 aliphatic carbocycles. The van der Waals surface area contributed by atoms with Gasteiger partial charge in [0.1, 0.15) is 11.3 Å². The molecule has 0 aliphatic heterocycles. The molecule has 1 aromatic carbocycles. The second-order valence-corrected chi connectivity index (χ2v) is 6.41. The minimum Gasteiger partial charge on any atom is -0.441 e. The van der Waals surface area contributed by atoms with E-state index in [9.17, 15) is 4.79 Å². The average Bonchev–Trinajstić information content (AvgIpc) is 2.79. The Kier molecular flexibility index (Phi) is 4.67. The Balaban J connectivity index is 2.17. The first-order valence-electron chi connectivity index (χ1n) is 6.75. The lowest BCUT2D eigenvalue weighted by molar-refractivity contribution is -0.121. The van der Waals surface area contributed by atoms with Gasteiger partial charge in [0.25, 0.3) is 0 Å². The lowest BCUT2D eigenvalue weighted by atomic mass is 10.1. The largest absolute Gasteiger partial charge is 0.441 e. The first-order chi connectivity index (χ1) is 10.3. The van der Waals surface area contributed by atoms with Gasteiger partial charge in [-0.2, -0.15) is 5.26 Å². The number of nitriles is 1. The van der Waals surface area contributed by atoms with Crippen LogP contribution < -0.4 is 5.32 Å². The molecule has 1 amide bonds. The fourth-order valence-corrected chi connectivity index (χ4v) is 2.31. The molecule has 6 heteroatoms. The van der Waals surface area contributed by atoms with E-state index in [-0.39, 0.29) is 12.3 Å². The summed E-state index contributed by atoms with van der Waals surface area (Å²) in [6.07, 6.45) is 0.0778. The number of amides is 1. The van der Waals surface area contributed by atoms with Crippen molar-refractivity contribution in [2.75, 3.05) is 0 Å². The average molecular weight is 362 g/mol. The molecule has 0 radical (unpaired) electrons. The Labute approximate surface area is 137 Å². The van der Waals surface area contributed by atoms with Crippen molar-refractivity contribution in [3.8, 4) is 17.5 Å². The number of aryl methyl sites for hydroxylation is 1. The van der Waals surface area contributed by atoms with Crippen molar-refractivity contribution >= 4 is 21.8 Å². The van der Waals surface area contributed by atoms with E-state index in [0.717, 1.165) is 10.0 Å². The van der Waals surface area contributed by atoms with E-state index >= 15 is 0 Å². The van der Waals surface area contributed by atoms with E-state index in [0.29, 0.717) is 17.3 Å². The summed E-state index contributed by atoms with van der Waals surface area (Å²) >= 11 is 3.40. The number of nitrogens with one attached hydrogen (secondary N) is 1. The number of carbonyl (C=O) groups is 1. The summed E-state index contributed by atoms with van der Waals surface area (Å²) in [5.74, 6) is 0.810. The van der Waals surface area contributed by atoms with Crippen LogP contribution in [0.1, 0.15) is 25.3 Å². The highest BCUT2D eigenvalue weighted by atomic mass is 79.9. The van der Waals surface area contributed by atoms with Gasteiger partial charge in [0, 0.05) is 10.0 Å². The van der Waals surface area contributed by atoms with E-state index in [1.807, 2.05) is 30.3 Å². The van der Waals surface area contributed by atoms with Crippen LogP contribution in [0.2, 0.25) is 0 Å². The highest BCUT2D eigenvalue weighted by Gasteiger charge is 2.21. The van der Waals surface area contributed by atoms with Crippen LogP contribution in [-0.4, -0.2) is 16.4 Å². The molecule has 0 fully saturated rings. The zero-order chi connectivity index (χ0) is 16.3. The van der Waals surface area contributed by atoms with Gasteiger partial charge in [-0.15, -0.1) is 0 Å². The van der Waals surface area contributed by atoms with Crippen molar-refractivity contribution in [1.29, 1.82) is 5.26 Å². The zero-order valence-corrected chi connectivity index (χ0v) is 14.2. The Bertz CT molecular complexity index is 744. The van der Waals surface area contributed by atoms with Gasteiger partial charge in [0.2, 0.25) is 11.8 Å². The molecule has 0 aliphatic rings. The predicted octanol–water partition coefficient (Wildman–Crippen LogP) is 3.37. The molecule has 1 aromatic heterocycles. The molecule has 0 unspecified atom stereocenters. The quantitative estimate of drug-likeness (QED) is 0.905. The van der Waals surface area contributed by atoms with Crippen LogP contribution >= 0.6 is 15.9 Å². The number of halogens is 1. The minimum atomic E-state index is -0.901. The third kappa shape index (κ3) is 3.95. The van der Waals surface area contributed by atoms with Gasteiger partial charge in [-0.05, 0) is 39.0 Å². The van der Waals surface area contributed by atoms with Gasteiger partial charge in [0.15, 0.2) is 0 Å². The first kappa shape index (κ1) is 16.2. The molecule has 0 spiro atoms. The summed E-state index contributed by atoms with van der Waals surface area (Å²) in [5, 5.41) is 11.6. The van der Waals surface area contributed by atoms with E-state index in [1.165, 1.54) is 0 Å². The van der Waals surface area contributed by atoms with Gasteiger partial charge in [0.05, 0.1) is 18.2 Å². The normalized spacial score (nSPS) is 11.0. The molecule has 5 nitrogen and oxygen atoms in total. The summed E-state index contributed by atoms with van der Waals surface area (Å²) in [6, 6.07) is 9.62. The lowest BCUT2D eigenvalue weighted by Crippen LogP contribution is -2.42. The third-order valence-electron chi connectivity index (χ3n) is 3.02. The molecule has 1 N–H and O–H groups in total. The molecule has 22 heavy (non-hydrogen) atoms. The molecule has 0 saturated carbocycles. The first-order valence-corrected chi connectivity index (χ1v) is 7.54. The summed E-state index contributed by atoms with van der Waals surface area (Å²) in [4.78, 5) is 16.4. The van der Waals surface area contributed by atoms with E-state index < -0.39 is 5.54 Å². The van der Waals surface area contributed by atoms with Gasteiger partial charge < -0.3 is 9.73 Å². The van der Waals surface area contributed by atoms with Gasteiger partial charge in [-0.3, -0.25) is 4.79 Å². The van der Waals surface area contributed by atoms with Crippen molar-refractivity contribution in [1.82, 2.24) is 10.3 Å². The Hall–Kier alpha value is -2.13. The highest BCUT2D eigenvalue weighted by molar-refractivity contribution is 9.10. The number of benzene rings is 1. The van der Waals surface area contributed by atoms with Crippen LogP contribution in [0, 0.1) is 18.3 Å². The molecule has 0 saturated heterocycles. The van der Waals surface area contributed by atoms with Gasteiger partial charge >= 0.3 is 0 Å². The smallest absolute Gasteiger partial charge is 0.227 e. The number of rotatable bonds is 4. The van der Waals surface area contributed by atoms with Gasteiger partial charge in [-0.1, -0.05) is 22.0 Å². The number of nitrogens with zero attached hydrogens (tertiary/aromatic N) is 2. The van der Waals surface area contributed by atoms with Crippen molar-refractivity contribution in [3.63, 3.8) is 0 Å². The zero-order valence-electron chi connectivity index (χ0n) is 12.6. The van der Waals surface area contributed by atoms with Crippen LogP contribution in [-0.2, 0) is 11.2 Å². The Morgan fingerprint density at radius 1 is 1.50 bits per heavy atom. The summed E-state index contributed by atoms with van der Waals surface area (Å²) in [5.41, 5.74) is 0.504. The highest BCUT2D eigenvalue weighted by Crippen LogP contribution is 2.24. The van der Waals surface area contributed by atoms with Crippen LogP contribution in [0.15, 0.2) is 33.2 Å². The number of oxazole rings is 1. The van der Waals surface area contributed by atoms with Crippen LogP contribution in [0.3, 0.4) is 0 Å². The lowest BCUT2D eigenvalue weighted by Gasteiger charge is -2.16. The number of hydrogen-bond donors (Lipinski definition) is 1. The topological polar surface area (TPSA) is 78.9 Å². The minimum absolute atomic E-state index is 0.0778. The second-order valence-electron chi connectivity index (χ2n) is 5.49. The molecular formula is C16H16BrN3O2. The Morgan fingerprint density at radius 2 is 2.23 bits per heavy atom. The molecule has 1 heterocycles. The standard InChI is InChI=1S/C16H16BrN3O2/c1-10-13(8-14(21)20-16(2,3)9-18)19-15(22-10)11-5-4-6-12(17)7-11/h4-7H,8H2,1-3H3,(H,20,21). The van der Waals surface area contributed by atoms with E-state index in [1.54, 1.807) is 20.8 Å². The van der Waals surface area contributed by atoms with Gasteiger partial charge in [-0.25, -0.2) is 4.98 Å². The fourth-order valence-electron chi connectivity index (χ4n) is 1.91. The van der Waals surface area contributed by atoms with E-state index in [4.69, 9.17) is 9.68 Å². The van der Waals surface area contributed by atoms with Crippen LogP contribution in [0.25, 0.3) is 11.5 Å². The fraction of sp³-hybridized carbons (Fsp3) is 0.312. The second kappa shape index (κ2) is 6.32. The maximum atomic E-state index is 12.0.